The van der Waals surface area contributed by atoms with E-state index >= 15 is 0 Å². The zero-order valence-electron chi connectivity index (χ0n) is 13.7. The molecule has 0 aromatic carbocycles. The number of aromatic nitrogens is 1. The number of hydrogen-bond acceptors (Lipinski definition) is 5. The second kappa shape index (κ2) is 7.09. The highest BCUT2D eigenvalue weighted by Crippen LogP contribution is 2.20. The van der Waals surface area contributed by atoms with Crippen LogP contribution in [0.2, 0.25) is 0 Å². The van der Waals surface area contributed by atoms with Gasteiger partial charge < -0.3 is 10.5 Å². The number of nitrogens with two attached hydrogens (primary N) is 1. The summed E-state index contributed by atoms with van der Waals surface area (Å²) in [4.78, 5) is 6.30. The van der Waals surface area contributed by atoms with Gasteiger partial charge in [0.05, 0.1) is 44.9 Å². The van der Waals surface area contributed by atoms with Crippen molar-refractivity contribution in [1.82, 2.24) is 9.88 Å². The number of quaternary nitrogens is 1. The summed E-state index contributed by atoms with van der Waals surface area (Å²) in [6.07, 6.45) is 4.78. The van der Waals surface area contributed by atoms with Gasteiger partial charge in [0.2, 0.25) is 5.70 Å². The molecule has 0 radical (unpaired) electrons. The van der Waals surface area contributed by atoms with Crippen LogP contribution in [-0.2, 0) is 4.74 Å². The topological polar surface area (TPSA) is 63.7 Å². The summed E-state index contributed by atoms with van der Waals surface area (Å²) in [5, 5.41) is 4.53. The summed E-state index contributed by atoms with van der Waals surface area (Å²) >= 11 is 0. The number of anilines is 1. The lowest BCUT2D eigenvalue weighted by Gasteiger charge is -2.30. The maximum absolute atomic E-state index is 13.1. The monoisotopic (exact) mass is 330 g/mol. The molecule has 1 aromatic rings. The van der Waals surface area contributed by atoms with Gasteiger partial charge in [-0.25, -0.2) is 9.37 Å². The van der Waals surface area contributed by atoms with Crippen LogP contribution in [0.4, 0.5) is 10.1 Å². The van der Waals surface area contributed by atoms with Gasteiger partial charge in [0.1, 0.15) is 18.1 Å². The van der Waals surface area contributed by atoms with Gasteiger partial charge in [-0.3, -0.25) is 4.90 Å². The average Bonchev–Trinajstić information content (AvgIpc) is 2.94. The molecule has 0 bridgehead atoms. The first-order valence-corrected chi connectivity index (χ1v) is 7.92. The Kier molecular flexibility index (Phi) is 4.90. The number of pyridine rings is 1. The number of nitrogens with zero attached hydrogens (tertiary/aromatic N) is 4. The predicted octanol–water partition coefficient (Wildman–Crippen LogP) is 0.816. The van der Waals surface area contributed by atoms with Crippen LogP contribution in [0, 0.1) is 17.7 Å². The van der Waals surface area contributed by atoms with E-state index in [4.69, 9.17) is 10.5 Å². The normalized spacial score (nSPS) is 23.7. The van der Waals surface area contributed by atoms with E-state index in [1.165, 1.54) is 6.07 Å². The highest BCUT2D eigenvalue weighted by molar-refractivity contribution is 5.74. The molecule has 0 amide bonds. The molecule has 2 N–H and O–H groups in total. The summed E-state index contributed by atoms with van der Waals surface area (Å²) in [5.74, 6) is 5.55. The van der Waals surface area contributed by atoms with E-state index in [9.17, 15) is 4.39 Å². The van der Waals surface area contributed by atoms with Gasteiger partial charge in [-0.1, -0.05) is 5.10 Å². The van der Waals surface area contributed by atoms with Crippen molar-refractivity contribution in [2.45, 2.75) is 0 Å². The molecule has 24 heavy (non-hydrogen) atoms. The van der Waals surface area contributed by atoms with Crippen molar-refractivity contribution >= 4 is 11.9 Å². The van der Waals surface area contributed by atoms with Gasteiger partial charge in [0.15, 0.2) is 0 Å². The third-order valence-electron chi connectivity index (χ3n) is 4.22. The fourth-order valence-corrected chi connectivity index (χ4v) is 2.66. The third kappa shape index (κ3) is 3.79. The molecule has 2 aliphatic heterocycles. The van der Waals surface area contributed by atoms with Crippen LogP contribution in [0.1, 0.15) is 5.69 Å². The lowest BCUT2D eigenvalue weighted by atomic mass is 10.2. The van der Waals surface area contributed by atoms with Crippen LogP contribution < -0.4 is 5.73 Å². The van der Waals surface area contributed by atoms with E-state index < -0.39 is 5.82 Å². The van der Waals surface area contributed by atoms with Gasteiger partial charge in [-0.15, -0.1) is 0 Å². The molecule has 7 heteroatoms. The lowest BCUT2D eigenvalue weighted by molar-refractivity contribution is -0.872. The van der Waals surface area contributed by atoms with E-state index in [1.54, 1.807) is 6.21 Å². The van der Waals surface area contributed by atoms with Crippen molar-refractivity contribution in [1.29, 1.82) is 0 Å². The Labute approximate surface area is 141 Å². The van der Waals surface area contributed by atoms with Gasteiger partial charge in [0.25, 0.3) is 0 Å². The minimum absolute atomic E-state index is 0.240. The zero-order valence-corrected chi connectivity index (χ0v) is 13.7. The Morgan fingerprint density at radius 2 is 2.17 bits per heavy atom. The first-order chi connectivity index (χ1) is 11.6. The van der Waals surface area contributed by atoms with Gasteiger partial charge in [-0.2, -0.15) is 4.59 Å². The van der Waals surface area contributed by atoms with Crippen LogP contribution in [0.5, 0.6) is 0 Å². The van der Waals surface area contributed by atoms with Gasteiger partial charge >= 0.3 is 0 Å². The smallest absolute Gasteiger partial charge is 0.212 e. The molecular weight excluding hydrogens is 309 g/mol. The minimum Gasteiger partial charge on any atom is -0.396 e. The molecule has 1 atom stereocenters. The molecule has 6 nitrogen and oxygen atoms in total. The summed E-state index contributed by atoms with van der Waals surface area (Å²) in [6.45, 7) is 5.21. The molecule has 0 spiro atoms. The second-order valence-corrected chi connectivity index (χ2v) is 5.97. The fourth-order valence-electron chi connectivity index (χ4n) is 2.66. The molecule has 1 fully saturated rings. The number of hydrogen-bond donors (Lipinski definition) is 1. The summed E-state index contributed by atoms with van der Waals surface area (Å²) in [5.41, 5.74) is 7.24. The number of allylic oxidation sites excluding steroid dienone is 2. The summed E-state index contributed by atoms with van der Waals surface area (Å²) in [6, 6.07) is 1.23. The Morgan fingerprint density at radius 3 is 2.92 bits per heavy atom. The largest absolute Gasteiger partial charge is 0.396 e. The standard InChI is InChI=1S/C17H21FN5O/c1-23(9-6-22-7-10-24-11-8-22)15(4-5-21-23)2-3-17-16(19)12-14(18)13-20-17/h4-5,12-13H,6-11,19H2,1H3/q+1. The van der Waals surface area contributed by atoms with Crippen LogP contribution in [0.15, 0.2) is 29.1 Å². The van der Waals surface area contributed by atoms with E-state index in [2.05, 4.69) is 26.8 Å². The maximum Gasteiger partial charge on any atom is 0.212 e. The molecule has 0 saturated carbocycles. The molecule has 126 valence electrons. The molecule has 0 aliphatic carbocycles. The maximum atomic E-state index is 13.1. The van der Waals surface area contributed by atoms with Crippen molar-refractivity contribution in [3.05, 3.63) is 35.5 Å². The van der Waals surface area contributed by atoms with Crippen LogP contribution in [0.3, 0.4) is 0 Å². The Hall–Kier alpha value is -2.27. The quantitative estimate of drug-likeness (QED) is 0.658. The highest BCUT2D eigenvalue weighted by Gasteiger charge is 2.30. The molecule has 3 heterocycles. The summed E-state index contributed by atoms with van der Waals surface area (Å²) < 4.78 is 18.8. The van der Waals surface area contributed by atoms with E-state index in [-0.39, 0.29) is 5.69 Å². The van der Waals surface area contributed by atoms with Crippen molar-refractivity contribution in [2.75, 3.05) is 52.2 Å². The highest BCUT2D eigenvalue weighted by atomic mass is 19.1. The number of rotatable bonds is 3. The van der Waals surface area contributed by atoms with Crippen LogP contribution in [0.25, 0.3) is 0 Å². The Morgan fingerprint density at radius 1 is 1.38 bits per heavy atom. The lowest BCUT2D eigenvalue weighted by Crippen LogP contribution is -2.45. The molecule has 2 aliphatic rings. The molecule has 3 rings (SSSR count). The molecule has 1 unspecified atom stereocenters. The average molecular weight is 330 g/mol. The fraction of sp³-hybridized carbons (Fsp3) is 0.412. The number of likely N-dealkylation sites (N-methyl/N-ethyl adjacent to an activating group) is 1. The SMILES string of the molecule is C[N+]1(CCN2CCOCC2)N=CC=C1C#Cc1ncc(F)cc1N. The molecule has 1 aromatic heterocycles. The minimum atomic E-state index is -0.465. The number of halogens is 1. The van der Waals surface area contributed by atoms with Gasteiger partial charge in [-0.05, 0) is 5.92 Å². The number of nitrogen functional groups attached to an aromatic ring is 1. The van der Waals surface area contributed by atoms with E-state index in [0.717, 1.165) is 51.3 Å². The Balaban J connectivity index is 1.68. The van der Waals surface area contributed by atoms with Crippen molar-refractivity contribution < 1.29 is 13.7 Å². The first kappa shape index (κ1) is 16.6. The zero-order chi connectivity index (χ0) is 17.0. The van der Waals surface area contributed by atoms with Gasteiger partial charge in [0, 0.05) is 31.2 Å². The molecular formula is C17H21FN5O+. The molecule has 1 saturated heterocycles. The number of morpholine rings is 1. The predicted molar refractivity (Wildman–Crippen MR) is 90.4 cm³/mol. The third-order valence-corrected chi connectivity index (χ3v) is 4.22. The van der Waals surface area contributed by atoms with Crippen molar-refractivity contribution in [2.24, 2.45) is 5.10 Å². The number of ether oxygens (including phenoxy) is 1. The van der Waals surface area contributed by atoms with E-state index in [1.807, 2.05) is 13.1 Å². The van der Waals surface area contributed by atoms with E-state index in [0.29, 0.717) is 10.3 Å². The van der Waals surface area contributed by atoms with Crippen molar-refractivity contribution in [3.8, 4) is 11.8 Å². The van der Waals surface area contributed by atoms with Crippen molar-refractivity contribution in [3.63, 3.8) is 0 Å². The Bertz CT molecular complexity index is 730. The summed E-state index contributed by atoms with van der Waals surface area (Å²) in [7, 11) is 2.02. The van der Waals surface area contributed by atoms with Crippen LogP contribution >= 0.6 is 0 Å². The second-order valence-electron chi connectivity index (χ2n) is 5.97. The van der Waals surface area contributed by atoms with Crippen LogP contribution in [-0.4, -0.2) is 67.1 Å². The first-order valence-electron chi connectivity index (χ1n) is 7.92.